The molecule has 0 bridgehead atoms. The summed E-state index contributed by atoms with van der Waals surface area (Å²) >= 11 is 0. The van der Waals surface area contributed by atoms with Crippen LogP contribution in [0.1, 0.15) is 26.2 Å². The van der Waals surface area contributed by atoms with E-state index in [1.165, 1.54) is 11.4 Å². The SMILES string of the molecule is C[C@@H](O)CN(C)S(=O)(=O)CC1CCC1. The molecule has 0 aliphatic heterocycles. The van der Waals surface area contributed by atoms with Crippen molar-refractivity contribution in [2.75, 3.05) is 19.3 Å². The Morgan fingerprint density at radius 1 is 1.50 bits per heavy atom. The molecule has 1 fully saturated rings. The first-order chi connectivity index (χ1) is 6.42. The molecule has 0 spiro atoms. The summed E-state index contributed by atoms with van der Waals surface area (Å²) in [5, 5.41) is 9.09. The molecule has 0 heterocycles. The van der Waals surface area contributed by atoms with Crippen molar-refractivity contribution >= 4 is 10.0 Å². The van der Waals surface area contributed by atoms with Crippen molar-refractivity contribution in [3.63, 3.8) is 0 Å². The first-order valence-electron chi connectivity index (χ1n) is 5.04. The Kier molecular flexibility index (Phi) is 3.92. The number of hydrogen-bond acceptors (Lipinski definition) is 3. The third-order valence-corrected chi connectivity index (χ3v) is 4.66. The number of likely N-dealkylation sites (N-methyl/N-ethyl adjacent to an activating group) is 1. The van der Waals surface area contributed by atoms with Crippen LogP contribution in [0.5, 0.6) is 0 Å². The predicted octanol–water partition coefficient (Wildman–Crippen LogP) is 0.429. The number of hydrogen-bond donors (Lipinski definition) is 1. The molecular formula is C9H19NO3S. The minimum Gasteiger partial charge on any atom is -0.392 e. The average Bonchev–Trinajstić information content (AvgIpc) is 1.96. The maximum absolute atomic E-state index is 11.7. The highest BCUT2D eigenvalue weighted by Gasteiger charge is 2.27. The molecule has 1 rings (SSSR count). The molecule has 1 saturated carbocycles. The van der Waals surface area contributed by atoms with E-state index in [2.05, 4.69) is 0 Å². The highest BCUT2D eigenvalue weighted by Crippen LogP contribution is 2.28. The van der Waals surface area contributed by atoms with E-state index in [0.717, 1.165) is 19.3 Å². The minimum atomic E-state index is -3.14. The summed E-state index contributed by atoms with van der Waals surface area (Å²) in [7, 11) is -1.61. The third-order valence-electron chi connectivity index (χ3n) is 2.67. The van der Waals surface area contributed by atoms with E-state index in [1.807, 2.05) is 0 Å². The first-order valence-corrected chi connectivity index (χ1v) is 6.65. The van der Waals surface area contributed by atoms with Crippen molar-refractivity contribution in [3.8, 4) is 0 Å². The lowest BCUT2D eigenvalue weighted by molar-refractivity contribution is 0.170. The van der Waals surface area contributed by atoms with Crippen LogP contribution < -0.4 is 0 Å². The second kappa shape index (κ2) is 4.59. The van der Waals surface area contributed by atoms with Gasteiger partial charge in [-0.15, -0.1) is 0 Å². The van der Waals surface area contributed by atoms with Gasteiger partial charge in [0.2, 0.25) is 10.0 Å². The Labute approximate surface area is 86.0 Å². The lowest BCUT2D eigenvalue weighted by atomic mass is 9.87. The zero-order chi connectivity index (χ0) is 10.8. The van der Waals surface area contributed by atoms with Crippen LogP contribution in [0.2, 0.25) is 0 Å². The second-order valence-electron chi connectivity index (χ2n) is 4.21. The predicted molar refractivity (Wildman–Crippen MR) is 55.4 cm³/mol. The molecule has 1 atom stereocenters. The standard InChI is InChI=1S/C9H19NO3S/c1-8(11)6-10(2)14(12,13)7-9-4-3-5-9/h8-9,11H,3-7H2,1-2H3/t8-/m1/s1. The van der Waals surface area contributed by atoms with E-state index in [1.54, 1.807) is 6.92 Å². The summed E-state index contributed by atoms with van der Waals surface area (Å²) in [4.78, 5) is 0. The van der Waals surface area contributed by atoms with Crippen molar-refractivity contribution < 1.29 is 13.5 Å². The number of sulfonamides is 1. The van der Waals surface area contributed by atoms with Gasteiger partial charge in [-0.2, -0.15) is 0 Å². The maximum atomic E-state index is 11.7. The summed E-state index contributed by atoms with van der Waals surface area (Å²) in [6.07, 6.45) is 2.61. The molecule has 14 heavy (non-hydrogen) atoms. The van der Waals surface area contributed by atoms with Gasteiger partial charge in [-0.05, 0) is 25.7 Å². The highest BCUT2D eigenvalue weighted by molar-refractivity contribution is 7.89. The van der Waals surface area contributed by atoms with Crippen LogP contribution >= 0.6 is 0 Å². The minimum absolute atomic E-state index is 0.190. The Bertz CT molecular complexity index is 270. The van der Waals surface area contributed by atoms with Crippen molar-refractivity contribution in [2.45, 2.75) is 32.3 Å². The van der Waals surface area contributed by atoms with Gasteiger partial charge in [-0.25, -0.2) is 12.7 Å². The summed E-state index contributed by atoms with van der Waals surface area (Å²) in [5.74, 6) is 0.590. The van der Waals surface area contributed by atoms with E-state index in [-0.39, 0.29) is 12.3 Å². The summed E-state index contributed by atoms with van der Waals surface area (Å²) in [6.45, 7) is 1.78. The normalized spacial score (nSPS) is 20.9. The van der Waals surface area contributed by atoms with Gasteiger partial charge in [0.25, 0.3) is 0 Å². The van der Waals surface area contributed by atoms with Crippen LogP contribution in [0, 0.1) is 5.92 Å². The molecule has 1 aliphatic carbocycles. The molecule has 5 heteroatoms. The number of aliphatic hydroxyl groups excluding tert-OH is 1. The van der Waals surface area contributed by atoms with Crippen molar-refractivity contribution in [2.24, 2.45) is 5.92 Å². The fraction of sp³-hybridized carbons (Fsp3) is 1.00. The third kappa shape index (κ3) is 3.22. The van der Waals surface area contributed by atoms with Gasteiger partial charge in [0, 0.05) is 13.6 Å². The van der Waals surface area contributed by atoms with Gasteiger partial charge in [-0.3, -0.25) is 0 Å². The topological polar surface area (TPSA) is 57.6 Å². The Morgan fingerprint density at radius 3 is 2.43 bits per heavy atom. The number of nitrogens with zero attached hydrogens (tertiary/aromatic N) is 1. The number of aliphatic hydroxyl groups is 1. The van der Waals surface area contributed by atoms with E-state index in [4.69, 9.17) is 5.11 Å². The fourth-order valence-corrected chi connectivity index (χ4v) is 3.20. The summed E-state index contributed by atoms with van der Waals surface area (Å²) in [6, 6.07) is 0. The second-order valence-corrected chi connectivity index (χ2v) is 6.33. The molecule has 0 aromatic rings. The van der Waals surface area contributed by atoms with Crippen LogP contribution in [0.4, 0.5) is 0 Å². The van der Waals surface area contributed by atoms with E-state index >= 15 is 0 Å². The van der Waals surface area contributed by atoms with Gasteiger partial charge in [0.1, 0.15) is 0 Å². The molecule has 0 radical (unpaired) electrons. The zero-order valence-electron chi connectivity index (χ0n) is 8.81. The van der Waals surface area contributed by atoms with E-state index in [9.17, 15) is 8.42 Å². The Balaban J connectivity index is 2.46. The van der Waals surface area contributed by atoms with Gasteiger partial charge < -0.3 is 5.11 Å². The molecule has 0 saturated heterocycles. The molecule has 1 N–H and O–H groups in total. The van der Waals surface area contributed by atoms with Gasteiger partial charge in [0.05, 0.1) is 11.9 Å². The maximum Gasteiger partial charge on any atom is 0.214 e. The molecule has 4 nitrogen and oxygen atoms in total. The molecule has 0 aromatic heterocycles. The van der Waals surface area contributed by atoms with Crippen molar-refractivity contribution in [3.05, 3.63) is 0 Å². The molecule has 84 valence electrons. The van der Waals surface area contributed by atoms with Crippen LogP contribution in [-0.4, -0.2) is 43.3 Å². The smallest absolute Gasteiger partial charge is 0.214 e. The molecule has 0 amide bonds. The van der Waals surface area contributed by atoms with Gasteiger partial charge >= 0.3 is 0 Å². The van der Waals surface area contributed by atoms with Gasteiger partial charge in [-0.1, -0.05) is 6.42 Å². The lowest BCUT2D eigenvalue weighted by Crippen LogP contribution is -2.37. The van der Waals surface area contributed by atoms with Crippen molar-refractivity contribution in [1.29, 1.82) is 0 Å². The fourth-order valence-electron chi connectivity index (χ4n) is 1.57. The average molecular weight is 221 g/mol. The van der Waals surface area contributed by atoms with E-state index in [0.29, 0.717) is 5.92 Å². The number of rotatable bonds is 5. The largest absolute Gasteiger partial charge is 0.392 e. The summed E-state index contributed by atoms with van der Waals surface area (Å²) < 4.78 is 24.6. The van der Waals surface area contributed by atoms with Crippen LogP contribution in [0.3, 0.4) is 0 Å². The lowest BCUT2D eigenvalue weighted by Gasteiger charge is -2.27. The van der Waals surface area contributed by atoms with Crippen LogP contribution in [0.25, 0.3) is 0 Å². The molecule has 0 aromatic carbocycles. The summed E-state index contributed by atoms with van der Waals surface area (Å²) in [5.41, 5.74) is 0. The Hall–Kier alpha value is -0.130. The van der Waals surface area contributed by atoms with Crippen LogP contribution in [-0.2, 0) is 10.0 Å². The molecule has 0 unspecified atom stereocenters. The van der Waals surface area contributed by atoms with E-state index < -0.39 is 16.1 Å². The Morgan fingerprint density at radius 2 is 2.07 bits per heavy atom. The monoisotopic (exact) mass is 221 g/mol. The highest BCUT2D eigenvalue weighted by atomic mass is 32.2. The van der Waals surface area contributed by atoms with Crippen molar-refractivity contribution in [1.82, 2.24) is 4.31 Å². The quantitative estimate of drug-likeness (QED) is 0.732. The molecular weight excluding hydrogens is 202 g/mol. The first kappa shape index (κ1) is 11.9. The van der Waals surface area contributed by atoms with Gasteiger partial charge in [0.15, 0.2) is 0 Å². The molecule has 1 aliphatic rings. The zero-order valence-corrected chi connectivity index (χ0v) is 9.63. The van der Waals surface area contributed by atoms with Crippen LogP contribution in [0.15, 0.2) is 0 Å².